The highest BCUT2D eigenvalue weighted by Gasteiger charge is 1.99. The summed E-state index contributed by atoms with van der Waals surface area (Å²) in [6.07, 6.45) is 6.48. The van der Waals surface area contributed by atoms with Crippen LogP contribution in [0, 0.1) is 0 Å². The summed E-state index contributed by atoms with van der Waals surface area (Å²) in [5.41, 5.74) is 2.09. The van der Waals surface area contributed by atoms with Gasteiger partial charge in [0.15, 0.2) is 0 Å². The third kappa shape index (κ3) is 3.70. The van der Waals surface area contributed by atoms with Crippen LogP contribution in [0.2, 0.25) is 0 Å². The molecule has 0 aliphatic rings. The molecule has 1 aromatic carbocycles. The second-order valence-electron chi connectivity index (χ2n) is 4.25. The molecule has 98 valence electrons. The molecule has 0 saturated carbocycles. The monoisotopic (exact) mass is 256 g/mol. The minimum Gasteiger partial charge on any atom is -0.378 e. The van der Waals surface area contributed by atoms with Crippen LogP contribution in [0.25, 0.3) is 6.08 Å². The van der Waals surface area contributed by atoms with Crippen LogP contribution in [0.3, 0.4) is 0 Å². The van der Waals surface area contributed by atoms with Crippen molar-refractivity contribution >= 4 is 23.6 Å². The minimum absolute atomic E-state index is 0.216. The number of carbonyl (C=O) groups is 1. The van der Waals surface area contributed by atoms with Crippen LogP contribution >= 0.6 is 0 Å². The highest BCUT2D eigenvalue weighted by molar-refractivity contribution is 6.00. The van der Waals surface area contributed by atoms with E-state index in [0.29, 0.717) is 5.95 Å². The molecule has 2 N–H and O–H groups in total. The number of aromatic amines is 1. The predicted molar refractivity (Wildman–Crippen MR) is 77.0 cm³/mol. The molecule has 2 aromatic rings. The molecule has 0 bridgehead atoms. The number of nitrogens with one attached hydrogen (secondary N) is 2. The lowest BCUT2D eigenvalue weighted by molar-refractivity contribution is -0.111. The van der Waals surface area contributed by atoms with Crippen molar-refractivity contribution in [2.24, 2.45) is 0 Å². The molecule has 2 rings (SSSR count). The molecule has 0 aliphatic carbocycles. The molecular formula is C14H16N4O. The van der Waals surface area contributed by atoms with Gasteiger partial charge in [0.1, 0.15) is 0 Å². The Morgan fingerprint density at radius 3 is 2.63 bits per heavy atom. The van der Waals surface area contributed by atoms with Gasteiger partial charge in [0.25, 0.3) is 5.91 Å². The van der Waals surface area contributed by atoms with Crippen molar-refractivity contribution in [1.29, 1.82) is 0 Å². The summed E-state index contributed by atoms with van der Waals surface area (Å²) in [5.74, 6) is 0.226. The number of aromatic nitrogens is 2. The maximum atomic E-state index is 11.6. The summed E-state index contributed by atoms with van der Waals surface area (Å²) in [7, 11) is 3.98. The summed E-state index contributed by atoms with van der Waals surface area (Å²) in [4.78, 5) is 20.3. The van der Waals surface area contributed by atoms with Gasteiger partial charge in [-0.25, -0.2) is 4.98 Å². The van der Waals surface area contributed by atoms with E-state index in [0.717, 1.165) is 11.3 Å². The Hall–Kier alpha value is -2.56. The van der Waals surface area contributed by atoms with E-state index < -0.39 is 0 Å². The molecular weight excluding hydrogens is 240 g/mol. The number of hydrogen-bond acceptors (Lipinski definition) is 3. The maximum absolute atomic E-state index is 11.6. The zero-order chi connectivity index (χ0) is 13.7. The standard InChI is InChI=1S/C14H16N4O/c1-18(2)12-6-3-11(4-7-12)5-8-13(19)17-14-15-9-10-16-14/h3-10H,1-2H3,(H2,15,16,17,19). The predicted octanol–water partition coefficient (Wildman–Crippen LogP) is 2.13. The summed E-state index contributed by atoms with van der Waals surface area (Å²) in [5, 5.41) is 2.62. The van der Waals surface area contributed by atoms with Crippen molar-refractivity contribution in [2.45, 2.75) is 0 Å². The number of carbonyl (C=O) groups excluding carboxylic acids is 1. The third-order valence-electron chi connectivity index (χ3n) is 2.58. The van der Waals surface area contributed by atoms with Crippen molar-refractivity contribution in [3.05, 3.63) is 48.3 Å². The van der Waals surface area contributed by atoms with E-state index in [1.807, 2.05) is 43.3 Å². The molecule has 19 heavy (non-hydrogen) atoms. The second kappa shape index (κ2) is 5.86. The number of H-pyrrole nitrogens is 1. The van der Waals surface area contributed by atoms with Gasteiger partial charge in [-0.2, -0.15) is 0 Å². The van der Waals surface area contributed by atoms with Gasteiger partial charge < -0.3 is 9.88 Å². The largest absolute Gasteiger partial charge is 0.378 e. The van der Waals surface area contributed by atoms with E-state index in [1.54, 1.807) is 18.5 Å². The van der Waals surface area contributed by atoms with Gasteiger partial charge in [0, 0.05) is 38.3 Å². The summed E-state index contributed by atoms with van der Waals surface area (Å²) in [6.45, 7) is 0. The van der Waals surface area contributed by atoms with E-state index in [4.69, 9.17) is 0 Å². The fraction of sp³-hybridized carbons (Fsp3) is 0.143. The smallest absolute Gasteiger partial charge is 0.250 e. The molecule has 5 heteroatoms. The van der Waals surface area contributed by atoms with Crippen molar-refractivity contribution in [2.75, 3.05) is 24.3 Å². The van der Waals surface area contributed by atoms with Crippen LogP contribution in [0.4, 0.5) is 11.6 Å². The van der Waals surface area contributed by atoms with E-state index >= 15 is 0 Å². The first-order valence-corrected chi connectivity index (χ1v) is 5.91. The van der Waals surface area contributed by atoms with Crippen LogP contribution in [0.1, 0.15) is 5.56 Å². The third-order valence-corrected chi connectivity index (χ3v) is 2.58. The highest BCUT2D eigenvalue weighted by Crippen LogP contribution is 2.13. The van der Waals surface area contributed by atoms with Gasteiger partial charge in [0.05, 0.1) is 0 Å². The van der Waals surface area contributed by atoms with Gasteiger partial charge in [0.2, 0.25) is 5.95 Å². The highest BCUT2D eigenvalue weighted by atomic mass is 16.1. The second-order valence-corrected chi connectivity index (χ2v) is 4.25. The number of imidazole rings is 1. The number of anilines is 2. The fourth-order valence-electron chi connectivity index (χ4n) is 1.55. The number of benzene rings is 1. The first kappa shape index (κ1) is 12.9. The molecule has 0 radical (unpaired) electrons. The van der Waals surface area contributed by atoms with Crippen molar-refractivity contribution in [3.8, 4) is 0 Å². The van der Waals surface area contributed by atoms with Gasteiger partial charge in [-0.05, 0) is 23.8 Å². The number of rotatable bonds is 4. The average molecular weight is 256 g/mol. The summed E-state index contributed by atoms with van der Waals surface area (Å²) in [6, 6.07) is 7.94. The summed E-state index contributed by atoms with van der Waals surface area (Å²) < 4.78 is 0. The Balaban J connectivity index is 1.96. The molecule has 0 unspecified atom stereocenters. The lowest BCUT2D eigenvalue weighted by Gasteiger charge is -2.11. The molecule has 1 amide bonds. The molecule has 1 heterocycles. The lowest BCUT2D eigenvalue weighted by atomic mass is 10.2. The van der Waals surface area contributed by atoms with Crippen molar-refractivity contribution in [1.82, 2.24) is 9.97 Å². The fourth-order valence-corrected chi connectivity index (χ4v) is 1.55. The topological polar surface area (TPSA) is 61.0 Å². The molecule has 1 aromatic heterocycles. The SMILES string of the molecule is CN(C)c1ccc(C=CC(=O)Nc2ncc[nH]2)cc1. The number of amides is 1. The molecule has 0 atom stereocenters. The Labute approximate surface area is 112 Å². The van der Waals surface area contributed by atoms with Crippen molar-refractivity contribution in [3.63, 3.8) is 0 Å². The zero-order valence-electron chi connectivity index (χ0n) is 10.9. The van der Waals surface area contributed by atoms with E-state index in [-0.39, 0.29) is 5.91 Å². The Morgan fingerprint density at radius 2 is 2.05 bits per heavy atom. The number of nitrogens with zero attached hydrogens (tertiary/aromatic N) is 2. The molecule has 0 fully saturated rings. The molecule has 5 nitrogen and oxygen atoms in total. The van der Waals surface area contributed by atoms with E-state index in [2.05, 4.69) is 15.3 Å². The lowest BCUT2D eigenvalue weighted by Crippen LogP contribution is -2.09. The van der Waals surface area contributed by atoms with Crippen LogP contribution in [-0.4, -0.2) is 30.0 Å². The van der Waals surface area contributed by atoms with Gasteiger partial charge >= 0.3 is 0 Å². The molecule has 0 aliphatic heterocycles. The first-order valence-electron chi connectivity index (χ1n) is 5.91. The number of hydrogen-bond donors (Lipinski definition) is 2. The summed E-state index contributed by atoms with van der Waals surface area (Å²) >= 11 is 0. The minimum atomic E-state index is -0.216. The Kier molecular flexibility index (Phi) is 3.97. The van der Waals surface area contributed by atoms with E-state index in [9.17, 15) is 4.79 Å². The Morgan fingerprint density at radius 1 is 1.32 bits per heavy atom. The van der Waals surface area contributed by atoms with Crippen LogP contribution in [0.5, 0.6) is 0 Å². The molecule has 0 saturated heterocycles. The average Bonchev–Trinajstić information content (AvgIpc) is 2.89. The zero-order valence-corrected chi connectivity index (χ0v) is 10.9. The van der Waals surface area contributed by atoms with Crippen LogP contribution in [0.15, 0.2) is 42.7 Å². The van der Waals surface area contributed by atoms with E-state index in [1.165, 1.54) is 6.08 Å². The first-order chi connectivity index (χ1) is 9.15. The van der Waals surface area contributed by atoms with Gasteiger partial charge in [-0.15, -0.1) is 0 Å². The van der Waals surface area contributed by atoms with Crippen molar-refractivity contribution < 1.29 is 4.79 Å². The normalized spacial score (nSPS) is 10.6. The Bertz CT molecular complexity index is 556. The van der Waals surface area contributed by atoms with Crippen LogP contribution < -0.4 is 10.2 Å². The van der Waals surface area contributed by atoms with Gasteiger partial charge in [-0.1, -0.05) is 12.1 Å². The maximum Gasteiger partial charge on any atom is 0.250 e. The molecule has 0 spiro atoms. The quantitative estimate of drug-likeness (QED) is 0.824. The van der Waals surface area contributed by atoms with Gasteiger partial charge in [-0.3, -0.25) is 10.1 Å². The van der Waals surface area contributed by atoms with Crippen LogP contribution in [-0.2, 0) is 4.79 Å².